The molecule has 0 unspecified atom stereocenters. The highest BCUT2D eigenvalue weighted by Gasteiger charge is 2.35. The molecule has 1 aliphatic rings. The highest BCUT2D eigenvalue weighted by Crippen LogP contribution is 2.27. The molecule has 0 aliphatic carbocycles. The molecule has 0 N–H and O–H groups in total. The predicted molar refractivity (Wildman–Crippen MR) is 99.6 cm³/mol. The SMILES string of the molecule is COc1ccc(Cl)cc1CS(=O)(=O)[C@H](C)C(=O)N1C[C@H](C)C[C@H](C)C1. The number of hydrogen-bond donors (Lipinski definition) is 0. The van der Waals surface area contributed by atoms with Gasteiger partial charge in [-0.3, -0.25) is 4.79 Å². The number of benzene rings is 1. The van der Waals surface area contributed by atoms with Crippen molar-refractivity contribution in [2.24, 2.45) is 11.8 Å². The molecule has 7 heteroatoms. The van der Waals surface area contributed by atoms with Crippen LogP contribution in [0.15, 0.2) is 18.2 Å². The molecule has 1 aliphatic heterocycles. The van der Waals surface area contributed by atoms with Gasteiger partial charge in [-0.25, -0.2) is 8.42 Å². The molecule has 1 amide bonds. The van der Waals surface area contributed by atoms with Gasteiger partial charge in [-0.05, 0) is 43.4 Å². The molecule has 140 valence electrons. The largest absolute Gasteiger partial charge is 0.496 e. The molecular weight excluding hydrogens is 362 g/mol. The number of piperidine rings is 1. The minimum absolute atomic E-state index is 0.275. The van der Waals surface area contributed by atoms with E-state index >= 15 is 0 Å². The molecule has 0 saturated carbocycles. The van der Waals surface area contributed by atoms with Crippen molar-refractivity contribution in [3.63, 3.8) is 0 Å². The summed E-state index contributed by atoms with van der Waals surface area (Å²) in [7, 11) is -2.20. The highest BCUT2D eigenvalue weighted by atomic mass is 35.5. The first kappa shape index (κ1) is 20.0. The lowest BCUT2D eigenvalue weighted by Gasteiger charge is -2.36. The van der Waals surface area contributed by atoms with Gasteiger partial charge in [0.15, 0.2) is 9.84 Å². The molecule has 2 rings (SSSR count). The summed E-state index contributed by atoms with van der Waals surface area (Å²) in [5, 5.41) is -0.655. The zero-order valence-electron chi connectivity index (χ0n) is 15.2. The van der Waals surface area contributed by atoms with E-state index in [4.69, 9.17) is 16.3 Å². The molecule has 1 aromatic rings. The summed E-state index contributed by atoms with van der Waals surface area (Å²) >= 11 is 5.97. The Balaban J connectivity index is 2.18. The minimum atomic E-state index is -3.68. The fraction of sp³-hybridized carbons (Fsp3) is 0.611. The number of methoxy groups -OCH3 is 1. The molecule has 0 radical (unpaired) electrons. The number of rotatable bonds is 5. The Morgan fingerprint density at radius 2 is 1.92 bits per heavy atom. The molecule has 0 bridgehead atoms. The number of halogens is 1. The van der Waals surface area contributed by atoms with Crippen LogP contribution in [0.3, 0.4) is 0 Å². The number of hydrogen-bond acceptors (Lipinski definition) is 4. The summed E-state index contributed by atoms with van der Waals surface area (Å²) in [6.07, 6.45) is 1.06. The number of carbonyl (C=O) groups is 1. The van der Waals surface area contributed by atoms with Gasteiger partial charge in [0.05, 0.1) is 12.9 Å². The summed E-state index contributed by atoms with van der Waals surface area (Å²) in [6.45, 7) is 6.88. The van der Waals surface area contributed by atoms with Gasteiger partial charge in [-0.2, -0.15) is 0 Å². The number of carbonyl (C=O) groups excluding carboxylic acids is 1. The van der Waals surface area contributed by atoms with Gasteiger partial charge in [-0.15, -0.1) is 0 Å². The van der Waals surface area contributed by atoms with Crippen molar-refractivity contribution in [3.05, 3.63) is 28.8 Å². The third kappa shape index (κ3) is 4.88. The second-order valence-corrected chi connectivity index (χ2v) is 9.85. The van der Waals surface area contributed by atoms with Gasteiger partial charge >= 0.3 is 0 Å². The van der Waals surface area contributed by atoms with E-state index in [2.05, 4.69) is 13.8 Å². The highest BCUT2D eigenvalue weighted by molar-refractivity contribution is 7.92. The average Bonchev–Trinajstić information content (AvgIpc) is 2.52. The van der Waals surface area contributed by atoms with Crippen LogP contribution < -0.4 is 4.74 Å². The zero-order valence-corrected chi connectivity index (χ0v) is 16.7. The van der Waals surface area contributed by atoms with Crippen LogP contribution in [0.2, 0.25) is 5.02 Å². The molecular formula is C18H26ClNO4S. The Kier molecular flexibility index (Phi) is 6.38. The van der Waals surface area contributed by atoms with Crippen molar-refractivity contribution in [3.8, 4) is 5.75 Å². The predicted octanol–water partition coefficient (Wildman–Crippen LogP) is 3.16. The molecule has 5 nitrogen and oxygen atoms in total. The van der Waals surface area contributed by atoms with E-state index in [0.717, 1.165) is 6.42 Å². The first-order valence-corrected chi connectivity index (χ1v) is 10.6. The number of ether oxygens (including phenoxy) is 1. The van der Waals surface area contributed by atoms with Gasteiger partial charge in [0, 0.05) is 23.7 Å². The van der Waals surface area contributed by atoms with E-state index in [1.54, 1.807) is 23.1 Å². The normalized spacial score (nSPS) is 22.5. The standard InChI is InChI=1S/C18H26ClNO4S/c1-12-7-13(2)10-20(9-12)18(21)14(3)25(22,23)11-15-8-16(19)5-6-17(15)24-4/h5-6,8,12-14H,7,9-11H2,1-4H3/t12-,13+,14-/m1/s1. The summed E-state index contributed by atoms with van der Waals surface area (Å²) in [6, 6.07) is 4.84. The Hall–Kier alpha value is -1.27. The van der Waals surface area contributed by atoms with Crippen LogP contribution >= 0.6 is 11.6 Å². The lowest BCUT2D eigenvalue weighted by molar-refractivity contribution is -0.133. The summed E-state index contributed by atoms with van der Waals surface area (Å²) < 4.78 is 30.8. The number of amides is 1. The summed E-state index contributed by atoms with van der Waals surface area (Å²) in [4.78, 5) is 14.4. The van der Waals surface area contributed by atoms with Gasteiger partial charge in [0.2, 0.25) is 5.91 Å². The smallest absolute Gasteiger partial charge is 0.240 e. The van der Waals surface area contributed by atoms with Crippen LogP contribution in [0.4, 0.5) is 0 Å². The Morgan fingerprint density at radius 3 is 2.48 bits per heavy atom. The molecule has 1 fully saturated rings. The summed E-state index contributed by atoms with van der Waals surface area (Å²) in [5.74, 6) is 0.626. The molecule has 0 spiro atoms. The maximum absolute atomic E-state index is 12.8. The second kappa shape index (κ2) is 7.96. The van der Waals surface area contributed by atoms with Crippen molar-refractivity contribution in [2.45, 2.75) is 38.2 Å². The van der Waals surface area contributed by atoms with Crippen molar-refractivity contribution in [2.75, 3.05) is 20.2 Å². The van der Waals surface area contributed by atoms with E-state index in [1.807, 2.05) is 0 Å². The Labute approximate surface area is 155 Å². The first-order chi connectivity index (χ1) is 11.6. The number of nitrogens with zero attached hydrogens (tertiary/aromatic N) is 1. The van der Waals surface area contributed by atoms with Crippen LogP contribution in [0.1, 0.15) is 32.8 Å². The molecule has 1 saturated heterocycles. The van der Waals surface area contributed by atoms with Gasteiger partial charge < -0.3 is 9.64 Å². The Bertz CT molecular complexity index is 725. The van der Waals surface area contributed by atoms with Gasteiger partial charge in [0.25, 0.3) is 0 Å². The second-order valence-electron chi connectivity index (χ2n) is 7.09. The molecule has 25 heavy (non-hydrogen) atoms. The molecule has 1 heterocycles. The molecule has 1 aromatic carbocycles. The lowest BCUT2D eigenvalue weighted by Crippen LogP contribution is -2.48. The zero-order chi connectivity index (χ0) is 18.8. The fourth-order valence-electron chi connectivity index (χ4n) is 3.46. The van der Waals surface area contributed by atoms with E-state index in [0.29, 0.717) is 41.3 Å². The van der Waals surface area contributed by atoms with Crippen molar-refractivity contribution in [1.29, 1.82) is 0 Å². The maximum atomic E-state index is 12.8. The van der Waals surface area contributed by atoms with Crippen LogP contribution in [-0.4, -0.2) is 44.7 Å². The van der Waals surface area contributed by atoms with E-state index in [9.17, 15) is 13.2 Å². The third-order valence-electron chi connectivity index (χ3n) is 4.67. The monoisotopic (exact) mass is 387 g/mol. The quantitative estimate of drug-likeness (QED) is 0.778. The van der Waals surface area contributed by atoms with Crippen molar-refractivity contribution >= 4 is 27.3 Å². The molecule has 3 atom stereocenters. The Morgan fingerprint density at radius 1 is 1.32 bits per heavy atom. The van der Waals surface area contributed by atoms with Crippen molar-refractivity contribution in [1.82, 2.24) is 4.90 Å². The molecule has 0 aromatic heterocycles. The van der Waals surface area contributed by atoms with Crippen LogP contribution in [0, 0.1) is 11.8 Å². The van der Waals surface area contributed by atoms with E-state index in [1.165, 1.54) is 14.0 Å². The lowest BCUT2D eigenvalue weighted by atomic mass is 9.92. The third-order valence-corrected chi connectivity index (χ3v) is 6.89. The van der Waals surface area contributed by atoms with Gasteiger partial charge in [-0.1, -0.05) is 25.4 Å². The topological polar surface area (TPSA) is 63.7 Å². The van der Waals surface area contributed by atoms with E-state index in [-0.39, 0.29) is 11.7 Å². The van der Waals surface area contributed by atoms with Crippen LogP contribution in [-0.2, 0) is 20.4 Å². The van der Waals surface area contributed by atoms with Crippen LogP contribution in [0.5, 0.6) is 5.75 Å². The van der Waals surface area contributed by atoms with Crippen molar-refractivity contribution < 1.29 is 17.9 Å². The first-order valence-electron chi connectivity index (χ1n) is 8.46. The van der Waals surface area contributed by atoms with Crippen LogP contribution in [0.25, 0.3) is 0 Å². The fourth-order valence-corrected chi connectivity index (χ4v) is 5.02. The maximum Gasteiger partial charge on any atom is 0.240 e. The van der Waals surface area contributed by atoms with E-state index < -0.39 is 15.1 Å². The van der Waals surface area contributed by atoms with Gasteiger partial charge in [0.1, 0.15) is 11.0 Å². The number of likely N-dealkylation sites (tertiary alicyclic amines) is 1. The number of sulfone groups is 1. The minimum Gasteiger partial charge on any atom is -0.496 e. The summed E-state index contributed by atoms with van der Waals surface area (Å²) in [5.41, 5.74) is 0.468. The average molecular weight is 388 g/mol.